The van der Waals surface area contributed by atoms with Crippen LogP contribution < -0.4 is 10.4 Å². The number of aliphatic hydroxyl groups is 1. The Morgan fingerprint density at radius 3 is 2.00 bits per heavy atom. The predicted octanol–water partition coefficient (Wildman–Crippen LogP) is 7.43. The molecule has 0 saturated heterocycles. The van der Waals surface area contributed by atoms with E-state index in [9.17, 15) is 19.5 Å². The lowest BCUT2D eigenvalue weighted by molar-refractivity contribution is 0.0902. The number of nitrogens with zero attached hydrogens (tertiary/aromatic N) is 2. The van der Waals surface area contributed by atoms with Crippen molar-refractivity contribution in [2.75, 3.05) is 13.7 Å². The topological polar surface area (TPSA) is 108 Å². The van der Waals surface area contributed by atoms with Gasteiger partial charge >= 0.3 is 11.8 Å². The average Bonchev–Trinajstić information content (AvgIpc) is 2.94. The maximum atomic E-state index is 13.0. The van der Waals surface area contributed by atoms with Gasteiger partial charge in [-0.1, -0.05) is 96.1 Å². The van der Waals surface area contributed by atoms with Gasteiger partial charge in [0.05, 0.1) is 30.2 Å². The number of benzene rings is 1. The largest absolute Gasteiger partial charge is 0.490 e. The molecule has 1 aromatic carbocycles. The Kier molecular flexibility index (Phi) is 15.4. The Bertz CT molecular complexity index is 1170. The van der Waals surface area contributed by atoms with E-state index in [-0.39, 0.29) is 23.1 Å². The number of aromatic nitrogens is 2. The number of unbranched alkanes of at least 4 members (excludes halogenated alkanes) is 12. The number of aliphatic hydroxyl groups excluding tert-OH is 1. The Balaban J connectivity index is 2.23. The second-order valence-electron chi connectivity index (χ2n) is 11.0. The minimum Gasteiger partial charge on any atom is -0.490 e. The molecule has 1 N–H and O–H groups in total. The summed E-state index contributed by atoms with van der Waals surface area (Å²) in [5, 5.41) is 9.75. The van der Waals surface area contributed by atoms with Crippen LogP contribution in [-0.2, 0) is 11.2 Å². The van der Waals surface area contributed by atoms with Crippen LogP contribution in [0.3, 0.4) is 0 Å². The van der Waals surface area contributed by atoms with Gasteiger partial charge in [0.25, 0.3) is 0 Å². The Hall–Kier alpha value is -3.00. The zero-order valence-corrected chi connectivity index (χ0v) is 25.8. The van der Waals surface area contributed by atoms with Crippen molar-refractivity contribution in [1.29, 1.82) is 0 Å². The SMILES string of the molecule is CCCCCCCCCCCCCCCc1cccc(OC(C)C)c1-c1c(C(=O)CO)c(C)nc(=O)n1C(=O)OC. The second-order valence-corrected chi connectivity index (χ2v) is 11.0. The molecule has 0 bridgehead atoms. The summed E-state index contributed by atoms with van der Waals surface area (Å²) in [5.41, 5.74) is 0.657. The molecule has 0 radical (unpaired) electrons. The molecule has 0 aliphatic heterocycles. The summed E-state index contributed by atoms with van der Waals surface area (Å²) in [6, 6.07) is 5.57. The molecular formula is C33H50N2O6. The molecule has 1 heterocycles. The van der Waals surface area contributed by atoms with Gasteiger partial charge in [-0.15, -0.1) is 0 Å². The number of carbonyl (C=O) groups is 2. The molecule has 2 rings (SSSR count). The maximum Gasteiger partial charge on any atom is 0.422 e. The van der Waals surface area contributed by atoms with Gasteiger partial charge in [0, 0.05) is 5.56 Å². The van der Waals surface area contributed by atoms with Crippen molar-refractivity contribution in [2.45, 2.75) is 124 Å². The minimum absolute atomic E-state index is 0.00363. The molecule has 2 aromatic rings. The van der Waals surface area contributed by atoms with Gasteiger partial charge in [0.1, 0.15) is 12.4 Å². The molecule has 1 aromatic heterocycles. The molecule has 41 heavy (non-hydrogen) atoms. The molecule has 0 spiro atoms. The number of hydrogen-bond acceptors (Lipinski definition) is 7. The van der Waals surface area contributed by atoms with E-state index in [1.807, 2.05) is 26.0 Å². The highest BCUT2D eigenvalue weighted by atomic mass is 16.5. The normalized spacial score (nSPS) is 11.2. The van der Waals surface area contributed by atoms with E-state index in [1.54, 1.807) is 6.07 Å². The third-order valence-electron chi connectivity index (χ3n) is 7.32. The summed E-state index contributed by atoms with van der Waals surface area (Å²) in [4.78, 5) is 42.6. The van der Waals surface area contributed by atoms with Crippen molar-refractivity contribution in [3.05, 3.63) is 45.5 Å². The van der Waals surface area contributed by atoms with E-state index in [0.717, 1.165) is 36.5 Å². The van der Waals surface area contributed by atoms with Crippen molar-refractivity contribution in [3.63, 3.8) is 0 Å². The highest BCUT2D eigenvalue weighted by Gasteiger charge is 2.29. The number of ketones is 1. The lowest BCUT2D eigenvalue weighted by Gasteiger charge is -2.22. The van der Waals surface area contributed by atoms with Crippen LogP contribution in [0.2, 0.25) is 0 Å². The summed E-state index contributed by atoms with van der Waals surface area (Å²) >= 11 is 0. The Morgan fingerprint density at radius 2 is 1.49 bits per heavy atom. The highest BCUT2D eigenvalue weighted by molar-refractivity contribution is 6.05. The van der Waals surface area contributed by atoms with E-state index in [4.69, 9.17) is 9.47 Å². The van der Waals surface area contributed by atoms with Crippen molar-refractivity contribution in [3.8, 4) is 17.0 Å². The second kappa shape index (κ2) is 18.4. The molecule has 228 valence electrons. The van der Waals surface area contributed by atoms with E-state index in [0.29, 0.717) is 17.7 Å². The maximum absolute atomic E-state index is 13.0. The van der Waals surface area contributed by atoms with Crippen LogP contribution in [0.5, 0.6) is 5.75 Å². The van der Waals surface area contributed by atoms with Gasteiger partial charge in [0.2, 0.25) is 0 Å². The third-order valence-corrected chi connectivity index (χ3v) is 7.32. The van der Waals surface area contributed by atoms with Crippen molar-refractivity contribution < 1.29 is 24.2 Å². The Labute approximate surface area is 245 Å². The van der Waals surface area contributed by atoms with Crippen LogP contribution in [0, 0.1) is 6.92 Å². The number of hydrogen-bond donors (Lipinski definition) is 1. The first kappa shape index (κ1) is 34.2. The van der Waals surface area contributed by atoms with Gasteiger partial charge in [-0.2, -0.15) is 9.55 Å². The van der Waals surface area contributed by atoms with Crippen LogP contribution in [-0.4, -0.2) is 46.4 Å². The Morgan fingerprint density at radius 1 is 0.927 bits per heavy atom. The lowest BCUT2D eigenvalue weighted by Crippen LogP contribution is -2.34. The number of Topliss-reactive ketones (excluding diaryl/α,β-unsaturated/α-hetero) is 1. The van der Waals surface area contributed by atoms with Crippen molar-refractivity contribution >= 4 is 11.9 Å². The fourth-order valence-corrected chi connectivity index (χ4v) is 5.28. The number of methoxy groups -OCH3 is 1. The number of ether oxygens (including phenoxy) is 2. The van der Waals surface area contributed by atoms with Gasteiger partial charge in [-0.05, 0) is 45.2 Å². The summed E-state index contributed by atoms with van der Waals surface area (Å²) in [6.45, 7) is 6.74. The third kappa shape index (κ3) is 10.4. The van der Waals surface area contributed by atoms with Crippen LogP contribution in [0.1, 0.15) is 126 Å². The molecule has 0 aliphatic rings. The molecule has 0 unspecified atom stereocenters. The molecular weight excluding hydrogens is 520 g/mol. The highest BCUT2D eigenvalue weighted by Crippen LogP contribution is 2.37. The summed E-state index contributed by atoms with van der Waals surface area (Å²) in [5.74, 6) is -0.198. The van der Waals surface area contributed by atoms with E-state index >= 15 is 0 Å². The molecule has 8 heteroatoms. The van der Waals surface area contributed by atoms with Crippen molar-refractivity contribution in [1.82, 2.24) is 9.55 Å². The summed E-state index contributed by atoms with van der Waals surface area (Å²) < 4.78 is 11.8. The number of aryl methyl sites for hydroxylation is 2. The molecule has 0 amide bonds. The van der Waals surface area contributed by atoms with Crippen LogP contribution in [0.25, 0.3) is 11.3 Å². The zero-order valence-electron chi connectivity index (χ0n) is 25.8. The van der Waals surface area contributed by atoms with E-state index < -0.39 is 24.2 Å². The van der Waals surface area contributed by atoms with Gasteiger partial charge in [0.15, 0.2) is 5.78 Å². The first-order chi connectivity index (χ1) is 19.8. The van der Waals surface area contributed by atoms with Crippen molar-refractivity contribution in [2.24, 2.45) is 0 Å². The summed E-state index contributed by atoms with van der Waals surface area (Å²) in [6.07, 6.45) is 15.8. The van der Waals surface area contributed by atoms with Crippen LogP contribution in [0.4, 0.5) is 4.79 Å². The lowest BCUT2D eigenvalue weighted by atomic mass is 9.93. The predicted molar refractivity (Wildman–Crippen MR) is 163 cm³/mol. The number of rotatable bonds is 19. The molecule has 0 fully saturated rings. The van der Waals surface area contributed by atoms with Gasteiger partial charge in [-0.3, -0.25) is 4.79 Å². The fraction of sp³-hybridized carbons (Fsp3) is 0.636. The standard InChI is InChI=1S/C33H50N2O6/c1-6-7-8-9-10-11-12-13-14-15-16-17-18-20-26-21-19-22-28(41-24(2)3)30(26)31-29(27(37)23-36)25(4)34-32(38)35(31)33(39)40-5/h19,21-22,24,36H,6-18,20,23H2,1-5H3. The fourth-order valence-electron chi connectivity index (χ4n) is 5.28. The first-order valence-electron chi connectivity index (χ1n) is 15.4. The molecule has 0 saturated carbocycles. The van der Waals surface area contributed by atoms with Crippen LogP contribution >= 0.6 is 0 Å². The zero-order chi connectivity index (χ0) is 30.2. The molecule has 0 aliphatic carbocycles. The first-order valence-corrected chi connectivity index (χ1v) is 15.4. The van der Waals surface area contributed by atoms with Gasteiger partial charge in [-0.25, -0.2) is 9.59 Å². The number of carbonyl (C=O) groups excluding carboxylic acids is 2. The van der Waals surface area contributed by atoms with Gasteiger partial charge < -0.3 is 14.6 Å². The van der Waals surface area contributed by atoms with E-state index in [2.05, 4.69) is 11.9 Å². The summed E-state index contributed by atoms with van der Waals surface area (Å²) in [7, 11) is 1.16. The monoisotopic (exact) mass is 570 g/mol. The van der Waals surface area contributed by atoms with Crippen LogP contribution in [0.15, 0.2) is 23.0 Å². The van der Waals surface area contributed by atoms with E-state index in [1.165, 1.54) is 71.1 Å². The quantitative estimate of drug-likeness (QED) is 0.138. The molecule has 8 nitrogen and oxygen atoms in total. The molecule has 0 atom stereocenters. The minimum atomic E-state index is -0.962. The smallest absolute Gasteiger partial charge is 0.422 e. The average molecular weight is 571 g/mol.